The van der Waals surface area contributed by atoms with E-state index >= 15 is 0 Å². The van der Waals surface area contributed by atoms with E-state index in [0.29, 0.717) is 18.7 Å². The second-order valence-electron chi connectivity index (χ2n) is 9.67. The molecule has 11 heteroatoms. The van der Waals surface area contributed by atoms with E-state index in [1.165, 1.54) is 4.31 Å². The summed E-state index contributed by atoms with van der Waals surface area (Å²) in [5, 5.41) is 28.3. The molecule has 1 aromatic heterocycles. The van der Waals surface area contributed by atoms with Crippen molar-refractivity contribution >= 4 is 16.0 Å². The predicted molar refractivity (Wildman–Crippen MR) is 136 cm³/mol. The number of hydrogen-bond donors (Lipinski definition) is 3. The summed E-state index contributed by atoms with van der Waals surface area (Å²) < 4.78 is 37.0. The molecule has 1 atom stereocenters. The fourth-order valence-corrected chi connectivity index (χ4v) is 7.16. The number of piperidine rings is 1. The minimum atomic E-state index is -4.01. The maximum absolute atomic E-state index is 13.4. The summed E-state index contributed by atoms with van der Waals surface area (Å²) >= 11 is 0. The molecule has 1 aromatic carbocycles. The van der Waals surface area contributed by atoms with Gasteiger partial charge in [-0.2, -0.15) is 0 Å². The average Bonchev–Trinajstić information content (AvgIpc) is 2.92. The number of carbonyl (C=O) groups is 1. The van der Waals surface area contributed by atoms with E-state index in [1.807, 2.05) is 31.2 Å². The van der Waals surface area contributed by atoms with Crippen LogP contribution in [0.15, 0.2) is 36.4 Å². The molecule has 0 spiro atoms. The van der Waals surface area contributed by atoms with E-state index in [-0.39, 0.29) is 58.3 Å². The molecule has 2 fully saturated rings. The Labute approximate surface area is 216 Å². The first-order valence-electron chi connectivity index (χ1n) is 12.5. The fourth-order valence-electron chi connectivity index (χ4n) is 5.07. The Morgan fingerprint density at radius 3 is 2.54 bits per heavy atom. The summed E-state index contributed by atoms with van der Waals surface area (Å²) in [6, 6.07) is 11.5. The van der Waals surface area contributed by atoms with Gasteiger partial charge in [-0.1, -0.05) is 24.3 Å². The Morgan fingerprint density at radius 1 is 1.22 bits per heavy atom. The van der Waals surface area contributed by atoms with Crippen LogP contribution in [0.4, 0.5) is 0 Å². The number of rotatable bonds is 9. The number of ether oxygens (including phenoxy) is 2. The molecule has 0 amide bonds. The Hall–Kier alpha value is -2.57. The number of hydrogen-bond acceptors (Lipinski definition) is 8. The van der Waals surface area contributed by atoms with Crippen molar-refractivity contribution in [3.8, 4) is 17.1 Å². The highest BCUT2D eigenvalue weighted by molar-refractivity contribution is 7.91. The van der Waals surface area contributed by atoms with Crippen LogP contribution < -0.4 is 4.74 Å². The van der Waals surface area contributed by atoms with Crippen molar-refractivity contribution < 1.29 is 38.0 Å². The fraction of sp³-hybridized carbons (Fsp3) is 0.538. The van der Waals surface area contributed by atoms with Crippen LogP contribution in [0.3, 0.4) is 0 Å². The minimum absolute atomic E-state index is 0.0342. The molecule has 2 aliphatic heterocycles. The molecule has 3 heterocycles. The maximum Gasteiger partial charge on any atom is 0.326 e. The van der Waals surface area contributed by atoms with Gasteiger partial charge in [-0.3, -0.25) is 4.79 Å². The minimum Gasteiger partial charge on any atom is -0.480 e. The number of benzene rings is 1. The maximum atomic E-state index is 13.4. The van der Waals surface area contributed by atoms with Crippen LogP contribution in [0, 0.1) is 6.92 Å². The summed E-state index contributed by atoms with van der Waals surface area (Å²) in [6.45, 7) is 2.37. The smallest absolute Gasteiger partial charge is 0.326 e. The molecule has 2 aromatic rings. The van der Waals surface area contributed by atoms with Gasteiger partial charge in [0, 0.05) is 50.8 Å². The van der Waals surface area contributed by atoms with Crippen molar-refractivity contribution in [1.29, 1.82) is 0 Å². The molecule has 4 rings (SSSR count). The largest absolute Gasteiger partial charge is 0.480 e. The Kier molecular flexibility index (Phi) is 8.49. The molecule has 0 unspecified atom stereocenters. The predicted octanol–water partition coefficient (Wildman–Crippen LogP) is 1.93. The van der Waals surface area contributed by atoms with Gasteiger partial charge in [-0.25, -0.2) is 17.7 Å². The highest BCUT2D eigenvalue weighted by Gasteiger charge is 2.54. The first-order valence-corrected chi connectivity index (χ1v) is 13.9. The molecular weight excluding hydrogens is 500 g/mol. The molecule has 0 bridgehead atoms. The summed E-state index contributed by atoms with van der Waals surface area (Å²) in [6.07, 6.45) is 0.179. The number of aliphatic hydroxyl groups is 2. The highest BCUT2D eigenvalue weighted by Crippen LogP contribution is 2.37. The van der Waals surface area contributed by atoms with Crippen LogP contribution in [0.5, 0.6) is 5.88 Å². The lowest BCUT2D eigenvalue weighted by molar-refractivity contribution is -0.142. The quantitative estimate of drug-likeness (QED) is 0.439. The first-order chi connectivity index (χ1) is 17.7. The van der Waals surface area contributed by atoms with Gasteiger partial charge in [-0.15, -0.1) is 0 Å². The summed E-state index contributed by atoms with van der Waals surface area (Å²) in [5.41, 5.74) is 3.77. The van der Waals surface area contributed by atoms with Crippen LogP contribution in [0.1, 0.15) is 42.7 Å². The number of nitrogens with zero attached hydrogens (tertiary/aromatic N) is 2. The van der Waals surface area contributed by atoms with Crippen molar-refractivity contribution in [2.24, 2.45) is 0 Å². The average molecular weight is 535 g/mol. The molecule has 10 nitrogen and oxygen atoms in total. The number of aliphatic carboxylic acids is 1. The molecule has 2 saturated heterocycles. The van der Waals surface area contributed by atoms with Crippen LogP contribution in [-0.2, 0) is 19.6 Å². The van der Waals surface area contributed by atoms with Gasteiger partial charge in [0.05, 0.1) is 12.3 Å². The number of aromatic nitrogens is 1. The van der Waals surface area contributed by atoms with Gasteiger partial charge in [0.2, 0.25) is 15.9 Å². The molecule has 37 heavy (non-hydrogen) atoms. The van der Waals surface area contributed by atoms with Gasteiger partial charge in [0.15, 0.2) is 4.75 Å². The lowest BCUT2D eigenvalue weighted by Gasteiger charge is -2.39. The van der Waals surface area contributed by atoms with Crippen LogP contribution in [0.25, 0.3) is 11.3 Å². The van der Waals surface area contributed by atoms with Crippen LogP contribution in [0.2, 0.25) is 0 Å². The van der Waals surface area contributed by atoms with Crippen molar-refractivity contribution in [3.05, 3.63) is 47.5 Å². The Balaban J connectivity index is 1.44. The molecule has 0 saturated carbocycles. The van der Waals surface area contributed by atoms with Crippen LogP contribution in [-0.4, -0.2) is 89.4 Å². The van der Waals surface area contributed by atoms with E-state index in [1.54, 1.807) is 6.07 Å². The third kappa shape index (κ3) is 5.65. The Morgan fingerprint density at radius 2 is 1.92 bits per heavy atom. The van der Waals surface area contributed by atoms with Crippen molar-refractivity contribution in [3.63, 3.8) is 0 Å². The van der Waals surface area contributed by atoms with Crippen molar-refractivity contribution in [2.45, 2.75) is 49.4 Å². The lowest BCUT2D eigenvalue weighted by atomic mass is 9.88. The van der Waals surface area contributed by atoms with Gasteiger partial charge < -0.3 is 24.8 Å². The molecule has 0 radical (unpaired) electrons. The number of sulfonamides is 1. The van der Waals surface area contributed by atoms with Gasteiger partial charge in [0.25, 0.3) is 0 Å². The molecule has 202 valence electrons. The summed E-state index contributed by atoms with van der Waals surface area (Å²) in [5.74, 6) is -0.778. The third-order valence-electron chi connectivity index (χ3n) is 7.33. The number of aryl methyl sites for hydroxylation is 1. The monoisotopic (exact) mass is 534 g/mol. The van der Waals surface area contributed by atoms with Crippen LogP contribution >= 0.6 is 0 Å². The zero-order valence-corrected chi connectivity index (χ0v) is 21.7. The first kappa shape index (κ1) is 27.5. The van der Waals surface area contributed by atoms with E-state index in [0.717, 1.165) is 22.4 Å². The van der Waals surface area contributed by atoms with E-state index in [2.05, 4.69) is 11.1 Å². The van der Waals surface area contributed by atoms with E-state index in [9.17, 15) is 23.4 Å². The highest BCUT2D eigenvalue weighted by atomic mass is 32.2. The summed E-state index contributed by atoms with van der Waals surface area (Å²) in [7, 11) is -4.01. The zero-order chi connectivity index (χ0) is 26.6. The molecule has 0 aliphatic carbocycles. The standard InChI is InChI=1S/C26H34N2O8S/c1-18-15-20(5-6-22(18)23-3-2-4-24(27-23)36-17-21(30)16-29)19-7-11-28(12-8-19)37(33,34)26(25(31)32)9-13-35-14-10-26/h2-6,15,19,21,29-30H,7-14,16-17H2,1H3,(H,31,32)/t21-/m0/s1. The van der Waals surface area contributed by atoms with Crippen molar-refractivity contribution in [2.75, 3.05) is 39.5 Å². The number of pyridine rings is 1. The number of carboxylic acid groups (broad SMARTS) is 1. The van der Waals surface area contributed by atoms with Gasteiger partial charge >= 0.3 is 5.97 Å². The molecule has 3 N–H and O–H groups in total. The SMILES string of the molecule is Cc1cc(C2CCN(S(=O)(=O)C3(C(=O)O)CCOCC3)CC2)ccc1-c1cccc(OC[C@@H](O)CO)n1. The van der Waals surface area contributed by atoms with E-state index < -0.39 is 26.8 Å². The zero-order valence-electron chi connectivity index (χ0n) is 20.9. The third-order valence-corrected chi connectivity index (χ3v) is 9.95. The number of carboxylic acids is 1. The number of aliphatic hydroxyl groups excluding tert-OH is 2. The second-order valence-corrected chi connectivity index (χ2v) is 11.9. The lowest BCUT2D eigenvalue weighted by Crippen LogP contribution is -2.57. The topological polar surface area (TPSA) is 146 Å². The van der Waals surface area contributed by atoms with E-state index in [4.69, 9.17) is 14.6 Å². The van der Waals surface area contributed by atoms with Crippen molar-refractivity contribution in [1.82, 2.24) is 9.29 Å². The van der Waals surface area contributed by atoms with Gasteiger partial charge in [0.1, 0.15) is 12.7 Å². The molecular formula is C26H34N2O8S. The summed E-state index contributed by atoms with van der Waals surface area (Å²) in [4.78, 5) is 16.6. The second kappa shape index (κ2) is 11.4. The van der Waals surface area contributed by atoms with Gasteiger partial charge in [-0.05, 0) is 42.9 Å². The molecule has 2 aliphatic rings. The normalized spacial score (nSPS) is 19.9. The Bertz CT molecular complexity index is 1200.